The van der Waals surface area contributed by atoms with Gasteiger partial charge >= 0.3 is 0 Å². The summed E-state index contributed by atoms with van der Waals surface area (Å²) in [6, 6.07) is 18.1. The lowest BCUT2D eigenvalue weighted by Crippen LogP contribution is -2.45. The van der Waals surface area contributed by atoms with Gasteiger partial charge in [-0.05, 0) is 65.1 Å². The zero-order chi connectivity index (χ0) is 25.5. The molecule has 0 aliphatic carbocycles. The van der Waals surface area contributed by atoms with Crippen molar-refractivity contribution in [2.45, 2.75) is 39.0 Å². The third-order valence-corrected chi connectivity index (χ3v) is 7.24. The normalized spacial score (nSPS) is 16.2. The molecule has 1 amide bonds. The van der Waals surface area contributed by atoms with Crippen molar-refractivity contribution in [3.8, 4) is 16.9 Å². The zero-order valence-corrected chi connectivity index (χ0v) is 20.5. The smallest absolute Gasteiger partial charge is 0.264 e. The molecule has 0 radical (unpaired) electrons. The third kappa shape index (κ3) is 4.31. The number of hydrogen-bond acceptors (Lipinski definition) is 4. The Balaban J connectivity index is 1.37. The molecule has 186 valence electrons. The van der Waals surface area contributed by atoms with Crippen LogP contribution < -0.4 is 10.3 Å². The van der Waals surface area contributed by atoms with Gasteiger partial charge in [0.05, 0.1) is 6.54 Å². The molecule has 7 heteroatoms. The second-order valence-electron chi connectivity index (χ2n) is 9.67. The van der Waals surface area contributed by atoms with Crippen molar-refractivity contribution < 1.29 is 13.9 Å². The average Bonchev–Trinajstić information content (AvgIpc) is 3.36. The summed E-state index contributed by atoms with van der Waals surface area (Å²) in [6.45, 7) is 2.94. The minimum Gasteiger partial charge on any atom is -0.480 e. The number of amides is 1. The van der Waals surface area contributed by atoms with Crippen molar-refractivity contribution >= 4 is 5.91 Å². The number of halogens is 1. The molecule has 0 saturated heterocycles. The van der Waals surface area contributed by atoms with Crippen LogP contribution >= 0.6 is 0 Å². The second kappa shape index (κ2) is 9.32. The molecule has 4 heterocycles. The molecule has 0 N–H and O–H groups in total. The van der Waals surface area contributed by atoms with Gasteiger partial charge in [0.1, 0.15) is 11.6 Å². The number of pyridine rings is 2. The molecule has 2 aromatic heterocycles. The first-order chi connectivity index (χ1) is 18.0. The Kier molecular flexibility index (Phi) is 5.83. The summed E-state index contributed by atoms with van der Waals surface area (Å²) in [4.78, 5) is 33.2. The first-order valence-corrected chi connectivity index (χ1v) is 12.4. The fourth-order valence-electron chi connectivity index (χ4n) is 5.29. The molecule has 2 aliphatic heterocycles. The standard InChI is InChI=1S/C30H26FN3O3/c1-19-13-21(8-9-25(19)31)24-14-23-18-33(30(36)28-15-22-6-2-3-7-27(22)37-28)12-10-26(23)34(29(24)35)17-20-5-4-11-32-16-20/h2-9,11,13-14,16,28H,10,12,15,17-18H2,1H3. The van der Waals surface area contributed by atoms with Crippen LogP contribution in [0.2, 0.25) is 0 Å². The molecule has 6 nitrogen and oxygen atoms in total. The molecular weight excluding hydrogens is 469 g/mol. The SMILES string of the molecule is Cc1cc(-c2cc3c(n(Cc4cccnc4)c2=O)CCN(C(=O)C2Cc4ccccc4O2)C3)ccc1F. The van der Waals surface area contributed by atoms with Crippen molar-refractivity contribution in [1.82, 2.24) is 14.5 Å². The molecular formula is C30H26FN3O3. The minimum atomic E-state index is -0.542. The maximum absolute atomic E-state index is 14.0. The molecule has 37 heavy (non-hydrogen) atoms. The van der Waals surface area contributed by atoms with Gasteiger partial charge in [-0.3, -0.25) is 14.6 Å². The fourth-order valence-corrected chi connectivity index (χ4v) is 5.29. The molecule has 1 unspecified atom stereocenters. The summed E-state index contributed by atoms with van der Waals surface area (Å²) >= 11 is 0. The van der Waals surface area contributed by atoms with E-state index in [0.717, 1.165) is 28.1 Å². The Hall–Kier alpha value is -4.26. The first kappa shape index (κ1) is 23.2. The van der Waals surface area contributed by atoms with Crippen LogP contribution in [0.5, 0.6) is 5.75 Å². The lowest BCUT2D eigenvalue weighted by atomic mass is 9.97. The van der Waals surface area contributed by atoms with E-state index < -0.39 is 6.10 Å². The van der Waals surface area contributed by atoms with Gasteiger partial charge < -0.3 is 14.2 Å². The Morgan fingerprint density at radius 2 is 1.97 bits per heavy atom. The summed E-state index contributed by atoms with van der Waals surface area (Å²) in [7, 11) is 0. The number of fused-ring (bicyclic) bond motifs is 2. The van der Waals surface area contributed by atoms with E-state index in [2.05, 4.69) is 4.98 Å². The number of benzene rings is 2. The maximum Gasteiger partial charge on any atom is 0.264 e. The molecule has 0 bridgehead atoms. The number of carbonyl (C=O) groups is 1. The van der Waals surface area contributed by atoms with E-state index in [1.54, 1.807) is 36.0 Å². The van der Waals surface area contributed by atoms with E-state index in [1.165, 1.54) is 6.07 Å². The van der Waals surface area contributed by atoms with Crippen LogP contribution in [0.3, 0.4) is 0 Å². The number of aromatic nitrogens is 2. The number of aryl methyl sites for hydroxylation is 1. The van der Waals surface area contributed by atoms with Crippen molar-refractivity contribution in [2.24, 2.45) is 0 Å². The van der Waals surface area contributed by atoms with E-state index in [0.29, 0.717) is 49.2 Å². The number of para-hydroxylation sites is 1. The van der Waals surface area contributed by atoms with Gasteiger partial charge in [0.25, 0.3) is 11.5 Å². The highest BCUT2D eigenvalue weighted by Gasteiger charge is 2.34. The molecule has 6 rings (SSSR count). The number of ether oxygens (including phenoxy) is 1. The van der Waals surface area contributed by atoms with Gasteiger partial charge in [-0.25, -0.2) is 4.39 Å². The Morgan fingerprint density at radius 1 is 1.11 bits per heavy atom. The minimum absolute atomic E-state index is 0.0500. The van der Waals surface area contributed by atoms with Crippen LogP contribution in [-0.4, -0.2) is 33.0 Å². The van der Waals surface area contributed by atoms with E-state index >= 15 is 0 Å². The number of nitrogens with zero attached hydrogens (tertiary/aromatic N) is 3. The fraction of sp³-hybridized carbons (Fsp3) is 0.233. The van der Waals surface area contributed by atoms with Crippen LogP contribution in [-0.2, 0) is 30.7 Å². The maximum atomic E-state index is 14.0. The lowest BCUT2D eigenvalue weighted by Gasteiger charge is -2.32. The van der Waals surface area contributed by atoms with Crippen LogP contribution in [0, 0.1) is 12.7 Å². The van der Waals surface area contributed by atoms with Gasteiger partial charge in [-0.15, -0.1) is 0 Å². The Morgan fingerprint density at radius 3 is 2.76 bits per heavy atom. The topological polar surface area (TPSA) is 64.4 Å². The Labute approximate surface area is 214 Å². The summed E-state index contributed by atoms with van der Waals surface area (Å²) in [5, 5.41) is 0. The second-order valence-corrected chi connectivity index (χ2v) is 9.67. The predicted molar refractivity (Wildman–Crippen MR) is 138 cm³/mol. The molecule has 1 atom stereocenters. The molecule has 0 spiro atoms. The highest BCUT2D eigenvalue weighted by Crippen LogP contribution is 2.31. The predicted octanol–water partition coefficient (Wildman–Crippen LogP) is 4.29. The van der Waals surface area contributed by atoms with E-state index in [-0.39, 0.29) is 17.3 Å². The third-order valence-electron chi connectivity index (χ3n) is 7.24. The summed E-state index contributed by atoms with van der Waals surface area (Å²) in [5.41, 5.74) is 5.26. The quantitative estimate of drug-likeness (QED) is 0.424. The van der Waals surface area contributed by atoms with E-state index in [1.807, 2.05) is 47.4 Å². The monoisotopic (exact) mass is 495 g/mol. The average molecular weight is 496 g/mol. The van der Waals surface area contributed by atoms with E-state index in [9.17, 15) is 14.0 Å². The van der Waals surface area contributed by atoms with Crippen LogP contribution in [0.1, 0.15) is 27.9 Å². The van der Waals surface area contributed by atoms with Gasteiger partial charge in [-0.2, -0.15) is 0 Å². The van der Waals surface area contributed by atoms with Gasteiger partial charge in [-0.1, -0.05) is 30.3 Å². The van der Waals surface area contributed by atoms with E-state index in [4.69, 9.17) is 4.74 Å². The summed E-state index contributed by atoms with van der Waals surface area (Å²) in [5.74, 6) is 0.398. The van der Waals surface area contributed by atoms with Crippen LogP contribution in [0.15, 0.2) is 77.9 Å². The summed E-state index contributed by atoms with van der Waals surface area (Å²) in [6.07, 6.45) is 4.02. The molecule has 0 fully saturated rings. The van der Waals surface area contributed by atoms with Crippen molar-refractivity contribution in [1.29, 1.82) is 0 Å². The van der Waals surface area contributed by atoms with Crippen molar-refractivity contribution in [2.75, 3.05) is 6.54 Å². The van der Waals surface area contributed by atoms with Gasteiger partial charge in [0.2, 0.25) is 0 Å². The molecule has 2 aromatic carbocycles. The molecule has 0 saturated carbocycles. The Bertz CT molecular complexity index is 1540. The molecule has 2 aliphatic rings. The number of rotatable bonds is 4. The lowest BCUT2D eigenvalue weighted by molar-refractivity contribution is -0.138. The summed E-state index contributed by atoms with van der Waals surface area (Å²) < 4.78 is 21.7. The van der Waals surface area contributed by atoms with Crippen molar-refractivity contribution in [3.05, 3.63) is 117 Å². The van der Waals surface area contributed by atoms with Crippen LogP contribution in [0.4, 0.5) is 4.39 Å². The molecule has 4 aromatic rings. The number of hydrogen-bond donors (Lipinski definition) is 0. The zero-order valence-electron chi connectivity index (χ0n) is 20.5. The first-order valence-electron chi connectivity index (χ1n) is 12.4. The van der Waals surface area contributed by atoms with Gasteiger partial charge in [0, 0.05) is 49.6 Å². The number of carbonyl (C=O) groups excluding carboxylic acids is 1. The highest BCUT2D eigenvalue weighted by atomic mass is 19.1. The largest absolute Gasteiger partial charge is 0.480 e. The van der Waals surface area contributed by atoms with Crippen LogP contribution in [0.25, 0.3) is 11.1 Å². The van der Waals surface area contributed by atoms with Crippen molar-refractivity contribution in [3.63, 3.8) is 0 Å². The van der Waals surface area contributed by atoms with Gasteiger partial charge in [0.15, 0.2) is 6.10 Å². The highest BCUT2D eigenvalue weighted by molar-refractivity contribution is 5.83.